The molecule has 1 aromatic carbocycles. The van der Waals surface area contributed by atoms with Crippen LogP contribution in [-0.2, 0) is 4.79 Å². The maximum absolute atomic E-state index is 12.6. The van der Waals surface area contributed by atoms with E-state index in [-0.39, 0.29) is 23.0 Å². The number of rotatable bonds is 7. The van der Waals surface area contributed by atoms with Gasteiger partial charge in [0.2, 0.25) is 5.91 Å². The molecule has 1 fully saturated rings. The molecule has 7 heteroatoms. The summed E-state index contributed by atoms with van der Waals surface area (Å²) in [7, 11) is 0. The summed E-state index contributed by atoms with van der Waals surface area (Å²) in [5.74, 6) is -0.0220. The lowest BCUT2D eigenvalue weighted by molar-refractivity contribution is -0.118. The molecular formula is C22H27ClN4O2. The number of carbonyl (C=O) groups is 2. The van der Waals surface area contributed by atoms with Gasteiger partial charge in [-0.25, -0.2) is 4.98 Å². The smallest absolute Gasteiger partial charge is 0.253 e. The van der Waals surface area contributed by atoms with Crippen molar-refractivity contribution in [3.05, 3.63) is 59.4 Å². The number of anilines is 1. The molecule has 0 unspecified atom stereocenters. The lowest BCUT2D eigenvalue weighted by atomic mass is 10.0. The zero-order valence-corrected chi connectivity index (χ0v) is 17.4. The summed E-state index contributed by atoms with van der Waals surface area (Å²) in [4.78, 5) is 33.3. The Morgan fingerprint density at radius 2 is 1.90 bits per heavy atom. The van der Waals surface area contributed by atoms with Gasteiger partial charge in [-0.15, -0.1) is 0 Å². The number of hydrogen-bond acceptors (Lipinski definition) is 4. The highest BCUT2D eigenvalue weighted by Gasteiger charge is 2.28. The molecule has 1 aliphatic heterocycles. The highest BCUT2D eigenvalue weighted by molar-refractivity contribution is 6.32. The van der Waals surface area contributed by atoms with Crippen molar-refractivity contribution in [2.45, 2.75) is 32.2 Å². The van der Waals surface area contributed by atoms with Crippen LogP contribution in [0.25, 0.3) is 0 Å². The summed E-state index contributed by atoms with van der Waals surface area (Å²) in [6, 6.07) is 13.2. The number of nitrogens with zero attached hydrogens (tertiary/aromatic N) is 3. The van der Waals surface area contributed by atoms with E-state index < -0.39 is 0 Å². The van der Waals surface area contributed by atoms with Gasteiger partial charge in [-0.05, 0) is 50.1 Å². The Hall–Kier alpha value is -2.44. The van der Waals surface area contributed by atoms with Crippen molar-refractivity contribution in [1.82, 2.24) is 14.8 Å². The molecule has 2 aromatic rings. The first-order valence-corrected chi connectivity index (χ1v) is 10.4. The summed E-state index contributed by atoms with van der Waals surface area (Å²) in [5, 5.41) is 3.13. The Labute approximate surface area is 176 Å². The van der Waals surface area contributed by atoms with Crippen LogP contribution in [0.15, 0.2) is 48.7 Å². The Morgan fingerprint density at radius 3 is 2.55 bits per heavy atom. The predicted octanol–water partition coefficient (Wildman–Crippen LogP) is 3.69. The number of likely N-dealkylation sites (tertiary alicyclic amines) is 1. The molecule has 0 bridgehead atoms. The van der Waals surface area contributed by atoms with Crippen molar-refractivity contribution in [3.8, 4) is 0 Å². The van der Waals surface area contributed by atoms with Gasteiger partial charge in [0.25, 0.3) is 5.91 Å². The topological polar surface area (TPSA) is 65.5 Å². The van der Waals surface area contributed by atoms with E-state index in [1.54, 1.807) is 18.3 Å². The summed E-state index contributed by atoms with van der Waals surface area (Å²) in [6.07, 6.45) is 4.27. The zero-order chi connectivity index (χ0) is 20.6. The van der Waals surface area contributed by atoms with Crippen LogP contribution in [0.1, 0.15) is 36.5 Å². The molecule has 29 heavy (non-hydrogen) atoms. The van der Waals surface area contributed by atoms with Gasteiger partial charge in [0.15, 0.2) is 5.15 Å². The second kappa shape index (κ2) is 10.4. The lowest BCUT2D eigenvalue weighted by Gasteiger charge is -2.38. The van der Waals surface area contributed by atoms with Gasteiger partial charge < -0.3 is 10.2 Å². The van der Waals surface area contributed by atoms with Crippen molar-refractivity contribution in [1.29, 1.82) is 0 Å². The first-order chi connectivity index (χ1) is 14.1. The van der Waals surface area contributed by atoms with Gasteiger partial charge in [0.05, 0.1) is 12.2 Å². The fraction of sp³-hybridized carbons (Fsp3) is 0.409. The van der Waals surface area contributed by atoms with Gasteiger partial charge in [-0.3, -0.25) is 14.5 Å². The maximum atomic E-state index is 12.6. The van der Waals surface area contributed by atoms with Crippen LogP contribution < -0.4 is 5.32 Å². The summed E-state index contributed by atoms with van der Waals surface area (Å²) in [6.45, 7) is 4.65. The molecule has 0 atom stereocenters. The van der Waals surface area contributed by atoms with E-state index in [9.17, 15) is 9.59 Å². The highest BCUT2D eigenvalue weighted by Crippen LogP contribution is 2.20. The second-order valence-electron chi connectivity index (χ2n) is 7.25. The van der Waals surface area contributed by atoms with E-state index in [1.807, 2.05) is 35.2 Å². The van der Waals surface area contributed by atoms with E-state index in [2.05, 4.69) is 22.1 Å². The average molecular weight is 415 g/mol. The van der Waals surface area contributed by atoms with Gasteiger partial charge in [0, 0.05) is 30.9 Å². The lowest BCUT2D eigenvalue weighted by Crippen LogP contribution is -2.49. The molecule has 1 aliphatic rings. The third-order valence-corrected chi connectivity index (χ3v) is 5.48. The predicted molar refractivity (Wildman–Crippen MR) is 115 cm³/mol. The quantitative estimate of drug-likeness (QED) is 0.702. The van der Waals surface area contributed by atoms with Crippen molar-refractivity contribution in [2.24, 2.45) is 0 Å². The van der Waals surface area contributed by atoms with Crippen LogP contribution in [0, 0.1) is 0 Å². The van der Waals surface area contributed by atoms with Crippen LogP contribution in [-0.4, -0.2) is 58.8 Å². The molecule has 0 aliphatic carbocycles. The van der Waals surface area contributed by atoms with E-state index in [0.717, 1.165) is 31.4 Å². The number of benzene rings is 1. The van der Waals surface area contributed by atoms with Crippen LogP contribution in [0.4, 0.5) is 5.69 Å². The van der Waals surface area contributed by atoms with Crippen LogP contribution in [0.5, 0.6) is 0 Å². The summed E-state index contributed by atoms with van der Waals surface area (Å²) < 4.78 is 0. The Bertz CT molecular complexity index is 823. The maximum Gasteiger partial charge on any atom is 0.253 e. The first kappa shape index (κ1) is 21.3. The van der Waals surface area contributed by atoms with Gasteiger partial charge in [0.1, 0.15) is 0 Å². The zero-order valence-electron chi connectivity index (χ0n) is 16.7. The average Bonchev–Trinajstić information content (AvgIpc) is 2.75. The van der Waals surface area contributed by atoms with Crippen molar-refractivity contribution in [2.75, 3.05) is 31.5 Å². The standard InChI is InChI=1S/C22H27ClN4O2/c1-2-13-27(16-20(28)25-19-9-6-12-24-21(19)23)18-10-14-26(15-11-18)22(29)17-7-4-3-5-8-17/h3-9,12,18H,2,10-11,13-16H2,1H3,(H,25,28). The van der Waals surface area contributed by atoms with Crippen LogP contribution >= 0.6 is 11.6 Å². The third kappa shape index (κ3) is 5.78. The van der Waals surface area contributed by atoms with Gasteiger partial charge >= 0.3 is 0 Å². The molecule has 0 spiro atoms. The van der Waals surface area contributed by atoms with E-state index in [4.69, 9.17) is 11.6 Å². The number of aromatic nitrogens is 1. The molecule has 0 radical (unpaired) electrons. The van der Waals surface area contributed by atoms with Crippen LogP contribution in [0.3, 0.4) is 0 Å². The van der Waals surface area contributed by atoms with Crippen molar-refractivity contribution < 1.29 is 9.59 Å². The van der Waals surface area contributed by atoms with E-state index in [1.165, 1.54) is 0 Å². The minimum atomic E-state index is -0.101. The van der Waals surface area contributed by atoms with E-state index in [0.29, 0.717) is 25.3 Å². The van der Waals surface area contributed by atoms with Crippen molar-refractivity contribution >= 4 is 29.1 Å². The SMILES string of the molecule is CCCN(CC(=O)Nc1cccnc1Cl)C1CCN(C(=O)c2ccccc2)CC1. The summed E-state index contributed by atoms with van der Waals surface area (Å²) in [5.41, 5.74) is 1.25. The number of nitrogens with one attached hydrogen (secondary N) is 1. The Kier molecular flexibility index (Phi) is 7.61. The highest BCUT2D eigenvalue weighted by atomic mass is 35.5. The largest absolute Gasteiger partial charge is 0.339 e. The number of pyridine rings is 1. The minimum Gasteiger partial charge on any atom is -0.339 e. The molecule has 2 heterocycles. The van der Waals surface area contributed by atoms with E-state index >= 15 is 0 Å². The third-order valence-electron chi connectivity index (χ3n) is 5.18. The molecule has 1 aromatic heterocycles. The number of hydrogen-bond donors (Lipinski definition) is 1. The second-order valence-corrected chi connectivity index (χ2v) is 7.61. The number of piperidine rings is 1. The van der Waals surface area contributed by atoms with Crippen molar-refractivity contribution in [3.63, 3.8) is 0 Å². The molecule has 0 saturated carbocycles. The summed E-state index contributed by atoms with van der Waals surface area (Å²) >= 11 is 6.03. The molecule has 1 N–H and O–H groups in total. The normalized spacial score (nSPS) is 14.8. The molecule has 3 rings (SSSR count). The molecular weight excluding hydrogens is 388 g/mol. The number of carbonyl (C=O) groups excluding carboxylic acids is 2. The van der Waals surface area contributed by atoms with Crippen LogP contribution in [0.2, 0.25) is 5.15 Å². The Morgan fingerprint density at radius 1 is 1.17 bits per heavy atom. The van der Waals surface area contributed by atoms with Gasteiger partial charge in [-0.2, -0.15) is 0 Å². The molecule has 6 nitrogen and oxygen atoms in total. The molecule has 2 amide bonds. The fourth-order valence-electron chi connectivity index (χ4n) is 3.73. The first-order valence-electron chi connectivity index (χ1n) is 10.1. The fourth-order valence-corrected chi connectivity index (χ4v) is 3.90. The minimum absolute atomic E-state index is 0.0788. The molecule has 154 valence electrons. The Balaban J connectivity index is 1.55. The van der Waals surface area contributed by atoms with Gasteiger partial charge in [-0.1, -0.05) is 36.7 Å². The molecule has 1 saturated heterocycles. The monoisotopic (exact) mass is 414 g/mol. The number of halogens is 1. The number of amides is 2.